The molecule has 1 aromatic heterocycles. The van der Waals surface area contributed by atoms with Gasteiger partial charge in [-0.15, -0.1) is 0 Å². The summed E-state index contributed by atoms with van der Waals surface area (Å²) >= 11 is 0. The third-order valence-electron chi connectivity index (χ3n) is 3.31. The molecule has 0 amide bonds. The van der Waals surface area contributed by atoms with E-state index in [9.17, 15) is 4.79 Å². The van der Waals surface area contributed by atoms with Crippen LogP contribution in [0.25, 0.3) is 0 Å². The Hall–Kier alpha value is -2.09. The Labute approximate surface area is 105 Å². The van der Waals surface area contributed by atoms with Crippen LogP contribution in [0.4, 0.5) is 5.82 Å². The van der Waals surface area contributed by atoms with Crippen LogP contribution in [0.1, 0.15) is 37.8 Å². The minimum Gasteiger partial charge on any atom is -0.481 e. The molecule has 0 aromatic carbocycles. The molecule has 1 fully saturated rings. The predicted molar refractivity (Wildman–Crippen MR) is 66.0 cm³/mol. The van der Waals surface area contributed by atoms with E-state index in [4.69, 9.17) is 10.4 Å². The number of anilines is 1. The summed E-state index contributed by atoms with van der Waals surface area (Å²) in [6, 6.07) is 7.12. The van der Waals surface area contributed by atoms with Gasteiger partial charge < -0.3 is 10.4 Å². The van der Waals surface area contributed by atoms with Crippen LogP contribution in [-0.2, 0) is 4.79 Å². The first-order chi connectivity index (χ1) is 8.63. The maximum Gasteiger partial charge on any atom is 0.305 e. The summed E-state index contributed by atoms with van der Waals surface area (Å²) < 4.78 is 0. The fraction of sp³-hybridized carbons (Fsp3) is 0.462. The Morgan fingerprint density at radius 1 is 1.50 bits per heavy atom. The van der Waals surface area contributed by atoms with Gasteiger partial charge >= 0.3 is 5.97 Å². The highest BCUT2D eigenvalue weighted by Gasteiger charge is 2.36. The molecule has 1 aromatic rings. The van der Waals surface area contributed by atoms with Crippen LogP contribution in [0.2, 0.25) is 0 Å². The monoisotopic (exact) mass is 245 g/mol. The number of hydrogen-bond donors (Lipinski definition) is 2. The highest BCUT2D eigenvalue weighted by Crippen LogP contribution is 2.35. The zero-order chi connectivity index (χ0) is 13.0. The predicted octanol–water partition coefficient (Wildman–Crippen LogP) is 2.15. The van der Waals surface area contributed by atoms with Crippen molar-refractivity contribution in [1.29, 1.82) is 5.26 Å². The molecule has 0 spiro atoms. The lowest BCUT2D eigenvalue weighted by Gasteiger charge is -2.29. The van der Waals surface area contributed by atoms with E-state index in [2.05, 4.69) is 10.3 Å². The second-order valence-electron chi connectivity index (χ2n) is 4.70. The first kappa shape index (κ1) is 12.4. The molecule has 0 bridgehead atoms. The molecule has 1 aliphatic carbocycles. The summed E-state index contributed by atoms with van der Waals surface area (Å²) in [6.07, 6.45) is 3.80. The second-order valence-corrected chi connectivity index (χ2v) is 4.70. The third-order valence-corrected chi connectivity index (χ3v) is 3.31. The van der Waals surface area contributed by atoms with Crippen LogP contribution in [0.15, 0.2) is 18.2 Å². The fourth-order valence-corrected chi connectivity index (χ4v) is 2.53. The second kappa shape index (κ2) is 5.05. The van der Waals surface area contributed by atoms with Crippen molar-refractivity contribution in [2.45, 2.75) is 37.6 Å². The van der Waals surface area contributed by atoms with E-state index in [1.54, 1.807) is 18.2 Å². The minimum absolute atomic E-state index is 0.0888. The summed E-state index contributed by atoms with van der Waals surface area (Å²) in [4.78, 5) is 15.1. The Kier molecular flexibility index (Phi) is 3.47. The lowest BCUT2D eigenvalue weighted by molar-refractivity contribution is -0.138. The van der Waals surface area contributed by atoms with Crippen LogP contribution in [0, 0.1) is 11.3 Å². The largest absolute Gasteiger partial charge is 0.481 e. The Bertz CT molecular complexity index is 487. The van der Waals surface area contributed by atoms with E-state index in [-0.39, 0.29) is 6.42 Å². The van der Waals surface area contributed by atoms with E-state index in [0.29, 0.717) is 11.5 Å². The van der Waals surface area contributed by atoms with Crippen molar-refractivity contribution in [3.05, 3.63) is 23.9 Å². The van der Waals surface area contributed by atoms with Gasteiger partial charge in [-0.2, -0.15) is 5.26 Å². The van der Waals surface area contributed by atoms with Crippen molar-refractivity contribution in [2.75, 3.05) is 5.32 Å². The van der Waals surface area contributed by atoms with Crippen molar-refractivity contribution >= 4 is 11.8 Å². The maximum atomic E-state index is 11.0. The van der Waals surface area contributed by atoms with Gasteiger partial charge in [0.05, 0.1) is 6.42 Å². The Balaban J connectivity index is 2.18. The number of aliphatic carboxylic acids is 1. The smallest absolute Gasteiger partial charge is 0.305 e. The highest BCUT2D eigenvalue weighted by molar-refractivity contribution is 5.69. The molecule has 5 nitrogen and oxygen atoms in total. The fourth-order valence-electron chi connectivity index (χ4n) is 2.53. The topological polar surface area (TPSA) is 86.0 Å². The van der Waals surface area contributed by atoms with Crippen LogP contribution in [-0.4, -0.2) is 21.6 Å². The van der Waals surface area contributed by atoms with Crippen LogP contribution >= 0.6 is 0 Å². The van der Waals surface area contributed by atoms with E-state index < -0.39 is 11.5 Å². The number of nitrogens with zero attached hydrogens (tertiary/aromatic N) is 2. The summed E-state index contributed by atoms with van der Waals surface area (Å²) in [5.41, 5.74) is -0.0733. The summed E-state index contributed by atoms with van der Waals surface area (Å²) in [7, 11) is 0. The molecule has 0 aliphatic heterocycles. The molecule has 94 valence electrons. The first-order valence-corrected chi connectivity index (χ1v) is 6.01. The average molecular weight is 245 g/mol. The van der Waals surface area contributed by atoms with Gasteiger partial charge in [0.2, 0.25) is 0 Å². The zero-order valence-corrected chi connectivity index (χ0v) is 10.0. The standard InChI is InChI=1S/C13H15N3O2/c14-9-10-4-3-5-11(15-10)16-13(8-12(17)18)6-1-2-7-13/h3-5H,1-2,6-8H2,(H,15,16)(H,17,18). The summed E-state index contributed by atoms with van der Waals surface area (Å²) in [6.45, 7) is 0. The van der Waals surface area contributed by atoms with Crippen LogP contribution in [0.3, 0.4) is 0 Å². The van der Waals surface area contributed by atoms with Crippen molar-refractivity contribution < 1.29 is 9.90 Å². The highest BCUT2D eigenvalue weighted by atomic mass is 16.4. The van der Waals surface area contributed by atoms with Crippen LogP contribution < -0.4 is 5.32 Å². The van der Waals surface area contributed by atoms with E-state index >= 15 is 0 Å². The molecular formula is C13H15N3O2. The molecule has 5 heteroatoms. The molecule has 0 radical (unpaired) electrons. The van der Waals surface area contributed by atoms with Crippen LogP contribution in [0.5, 0.6) is 0 Å². The first-order valence-electron chi connectivity index (χ1n) is 6.01. The number of nitrogens with one attached hydrogen (secondary N) is 1. The van der Waals surface area contributed by atoms with E-state index in [1.807, 2.05) is 6.07 Å². The van der Waals surface area contributed by atoms with Crippen molar-refractivity contribution in [3.63, 3.8) is 0 Å². The number of carboxylic acids is 1. The van der Waals surface area contributed by atoms with Crippen molar-refractivity contribution in [2.24, 2.45) is 0 Å². The molecule has 2 rings (SSSR count). The number of pyridine rings is 1. The molecule has 1 heterocycles. The maximum absolute atomic E-state index is 11.0. The molecule has 2 N–H and O–H groups in total. The van der Waals surface area contributed by atoms with Gasteiger partial charge in [0, 0.05) is 5.54 Å². The molecule has 0 atom stereocenters. The number of aromatic nitrogens is 1. The van der Waals surface area contributed by atoms with E-state index in [1.165, 1.54) is 0 Å². The molecule has 0 saturated heterocycles. The van der Waals surface area contributed by atoms with Crippen molar-refractivity contribution in [1.82, 2.24) is 4.98 Å². The lowest BCUT2D eigenvalue weighted by atomic mass is 9.93. The van der Waals surface area contributed by atoms with Crippen molar-refractivity contribution in [3.8, 4) is 6.07 Å². The number of hydrogen-bond acceptors (Lipinski definition) is 4. The third kappa shape index (κ3) is 2.77. The van der Waals surface area contributed by atoms with E-state index in [0.717, 1.165) is 25.7 Å². The molecule has 1 aliphatic rings. The number of rotatable bonds is 4. The molecular weight excluding hydrogens is 230 g/mol. The minimum atomic E-state index is -0.805. The zero-order valence-electron chi connectivity index (χ0n) is 10.0. The van der Waals surface area contributed by atoms with Gasteiger partial charge in [-0.1, -0.05) is 18.9 Å². The van der Waals surface area contributed by atoms with Gasteiger partial charge in [-0.25, -0.2) is 4.98 Å². The molecule has 1 saturated carbocycles. The van der Waals surface area contributed by atoms with Gasteiger partial charge in [0.25, 0.3) is 0 Å². The lowest BCUT2D eigenvalue weighted by Crippen LogP contribution is -2.37. The van der Waals surface area contributed by atoms with Gasteiger partial charge in [-0.05, 0) is 25.0 Å². The SMILES string of the molecule is N#Cc1cccc(NC2(CC(=O)O)CCCC2)n1. The Morgan fingerprint density at radius 3 is 2.83 bits per heavy atom. The number of carboxylic acid groups (broad SMARTS) is 1. The number of nitriles is 1. The summed E-state index contributed by atoms with van der Waals surface area (Å²) in [5, 5.41) is 21.0. The molecule has 0 unspecified atom stereocenters. The number of carbonyl (C=O) groups is 1. The van der Waals surface area contributed by atoms with Gasteiger partial charge in [-0.3, -0.25) is 4.79 Å². The Morgan fingerprint density at radius 2 is 2.22 bits per heavy atom. The molecule has 18 heavy (non-hydrogen) atoms. The van der Waals surface area contributed by atoms with Gasteiger partial charge in [0.15, 0.2) is 0 Å². The van der Waals surface area contributed by atoms with Gasteiger partial charge in [0.1, 0.15) is 17.6 Å². The average Bonchev–Trinajstić information content (AvgIpc) is 2.76. The summed E-state index contributed by atoms with van der Waals surface area (Å²) in [5.74, 6) is -0.224. The quantitative estimate of drug-likeness (QED) is 0.848. The normalized spacial score (nSPS) is 17.1.